The first-order valence-corrected chi connectivity index (χ1v) is 8.95. The third kappa shape index (κ3) is 3.31. The molecule has 4 heterocycles. The standard InChI is InChI=1S/C20H18ClN5O/c1-3-22-17-8-12(6-7-23-17)19-18(15-5-4-14(27-2)11-24-15)20-16(26-19)9-13(21)10-25-20/h4-11,26H,3H2,1-2H3,(H,22,23). The van der Waals surface area contributed by atoms with Crippen LogP contribution in [-0.4, -0.2) is 33.6 Å². The number of rotatable bonds is 5. The van der Waals surface area contributed by atoms with Gasteiger partial charge < -0.3 is 15.0 Å². The number of nitrogens with zero attached hydrogens (tertiary/aromatic N) is 3. The van der Waals surface area contributed by atoms with Gasteiger partial charge in [-0.1, -0.05) is 11.6 Å². The highest BCUT2D eigenvalue weighted by molar-refractivity contribution is 6.31. The molecule has 2 N–H and O–H groups in total. The smallest absolute Gasteiger partial charge is 0.137 e. The van der Waals surface area contributed by atoms with Crippen molar-refractivity contribution >= 4 is 28.5 Å². The third-order valence-electron chi connectivity index (χ3n) is 4.24. The summed E-state index contributed by atoms with van der Waals surface area (Å²) in [7, 11) is 1.62. The van der Waals surface area contributed by atoms with Gasteiger partial charge in [-0.25, -0.2) is 4.98 Å². The van der Waals surface area contributed by atoms with E-state index in [2.05, 4.69) is 25.3 Å². The van der Waals surface area contributed by atoms with Gasteiger partial charge in [0.25, 0.3) is 0 Å². The van der Waals surface area contributed by atoms with Crippen LogP contribution < -0.4 is 10.1 Å². The lowest BCUT2D eigenvalue weighted by atomic mass is 10.0. The second kappa shape index (κ2) is 7.25. The maximum absolute atomic E-state index is 6.14. The molecule has 0 saturated carbocycles. The van der Waals surface area contributed by atoms with Crippen molar-refractivity contribution in [3.8, 4) is 28.3 Å². The number of aromatic nitrogens is 4. The van der Waals surface area contributed by atoms with Gasteiger partial charge >= 0.3 is 0 Å². The Bertz CT molecular complexity index is 1090. The van der Waals surface area contributed by atoms with E-state index in [1.165, 1.54) is 0 Å². The predicted molar refractivity (Wildman–Crippen MR) is 108 cm³/mol. The average molecular weight is 380 g/mol. The van der Waals surface area contributed by atoms with Gasteiger partial charge in [-0.3, -0.25) is 9.97 Å². The van der Waals surface area contributed by atoms with E-state index in [0.717, 1.165) is 45.9 Å². The number of halogens is 1. The lowest BCUT2D eigenvalue weighted by Crippen LogP contribution is -1.99. The number of hydrogen-bond acceptors (Lipinski definition) is 5. The normalized spacial score (nSPS) is 10.9. The Hall–Kier alpha value is -3.12. The van der Waals surface area contributed by atoms with E-state index >= 15 is 0 Å². The van der Waals surface area contributed by atoms with Crippen molar-refractivity contribution in [2.24, 2.45) is 0 Å². The van der Waals surface area contributed by atoms with Crippen LogP contribution in [0, 0.1) is 0 Å². The van der Waals surface area contributed by atoms with Crippen molar-refractivity contribution in [2.45, 2.75) is 6.92 Å². The second-order valence-electron chi connectivity index (χ2n) is 5.97. The van der Waals surface area contributed by atoms with Crippen LogP contribution in [0.25, 0.3) is 33.5 Å². The molecule has 0 unspecified atom stereocenters. The van der Waals surface area contributed by atoms with Crippen molar-refractivity contribution in [1.29, 1.82) is 0 Å². The zero-order valence-corrected chi connectivity index (χ0v) is 15.7. The minimum Gasteiger partial charge on any atom is -0.495 e. The molecule has 136 valence electrons. The summed E-state index contributed by atoms with van der Waals surface area (Å²) in [5.41, 5.74) is 5.29. The largest absolute Gasteiger partial charge is 0.495 e. The van der Waals surface area contributed by atoms with Gasteiger partial charge in [0.1, 0.15) is 11.6 Å². The molecular formula is C20H18ClN5O. The van der Waals surface area contributed by atoms with Crippen LogP contribution in [0.1, 0.15) is 6.92 Å². The molecule has 4 aromatic rings. The van der Waals surface area contributed by atoms with E-state index in [4.69, 9.17) is 16.3 Å². The topological polar surface area (TPSA) is 75.7 Å². The van der Waals surface area contributed by atoms with Crippen LogP contribution in [-0.2, 0) is 0 Å². The molecule has 6 nitrogen and oxygen atoms in total. The molecular weight excluding hydrogens is 362 g/mol. The summed E-state index contributed by atoms with van der Waals surface area (Å²) < 4.78 is 5.23. The van der Waals surface area contributed by atoms with Crippen molar-refractivity contribution in [1.82, 2.24) is 19.9 Å². The number of ether oxygens (including phenoxy) is 1. The number of methoxy groups -OCH3 is 1. The predicted octanol–water partition coefficient (Wildman–Crippen LogP) is 4.78. The van der Waals surface area contributed by atoms with Gasteiger partial charge in [-0.15, -0.1) is 0 Å². The Morgan fingerprint density at radius 1 is 1.11 bits per heavy atom. The monoisotopic (exact) mass is 379 g/mol. The van der Waals surface area contributed by atoms with Crippen molar-refractivity contribution in [3.63, 3.8) is 0 Å². The lowest BCUT2D eigenvalue weighted by molar-refractivity contribution is 0.413. The number of fused-ring (bicyclic) bond motifs is 1. The Labute approximate surface area is 161 Å². The highest BCUT2D eigenvalue weighted by Gasteiger charge is 2.18. The number of nitrogens with one attached hydrogen (secondary N) is 2. The summed E-state index contributed by atoms with van der Waals surface area (Å²) in [5.74, 6) is 1.52. The molecule has 0 aliphatic rings. The molecule has 0 amide bonds. The molecule has 0 saturated heterocycles. The fraction of sp³-hybridized carbons (Fsp3) is 0.150. The van der Waals surface area contributed by atoms with E-state index in [0.29, 0.717) is 10.8 Å². The number of H-pyrrole nitrogens is 1. The maximum Gasteiger partial charge on any atom is 0.137 e. The van der Waals surface area contributed by atoms with Crippen LogP contribution in [0.4, 0.5) is 5.82 Å². The molecule has 4 aromatic heterocycles. The van der Waals surface area contributed by atoms with Gasteiger partial charge in [0, 0.05) is 24.5 Å². The van der Waals surface area contributed by atoms with Crippen LogP contribution in [0.3, 0.4) is 0 Å². The number of hydrogen-bond donors (Lipinski definition) is 2. The maximum atomic E-state index is 6.14. The molecule has 0 aromatic carbocycles. The third-order valence-corrected chi connectivity index (χ3v) is 4.44. The SMILES string of the molecule is CCNc1cc(-c2[nH]c3cc(Cl)cnc3c2-c2ccc(OC)cn2)ccn1. The highest BCUT2D eigenvalue weighted by atomic mass is 35.5. The summed E-state index contributed by atoms with van der Waals surface area (Å²) in [4.78, 5) is 16.9. The molecule has 0 spiro atoms. The van der Waals surface area contributed by atoms with Gasteiger partial charge in [-0.05, 0) is 37.3 Å². The molecule has 0 aliphatic carbocycles. The molecule has 27 heavy (non-hydrogen) atoms. The zero-order chi connectivity index (χ0) is 18.8. The average Bonchev–Trinajstić information content (AvgIpc) is 3.07. The van der Waals surface area contributed by atoms with E-state index < -0.39 is 0 Å². The second-order valence-corrected chi connectivity index (χ2v) is 6.40. The fourth-order valence-corrected chi connectivity index (χ4v) is 3.19. The molecule has 4 rings (SSSR count). The minimum atomic E-state index is 0.576. The fourth-order valence-electron chi connectivity index (χ4n) is 3.03. The summed E-state index contributed by atoms with van der Waals surface area (Å²) in [6.45, 7) is 2.84. The quantitative estimate of drug-likeness (QED) is 0.521. The van der Waals surface area contributed by atoms with Crippen LogP contribution in [0.15, 0.2) is 48.9 Å². The molecule has 7 heteroatoms. The number of anilines is 1. The van der Waals surface area contributed by atoms with Gasteiger partial charge in [-0.2, -0.15) is 0 Å². The van der Waals surface area contributed by atoms with Crippen LogP contribution in [0.2, 0.25) is 5.02 Å². The first-order valence-electron chi connectivity index (χ1n) is 8.57. The Morgan fingerprint density at radius 3 is 2.74 bits per heavy atom. The van der Waals surface area contributed by atoms with Crippen LogP contribution >= 0.6 is 11.6 Å². The van der Waals surface area contributed by atoms with E-state index in [1.807, 2.05) is 37.3 Å². The molecule has 0 fully saturated rings. The Morgan fingerprint density at radius 2 is 2.00 bits per heavy atom. The van der Waals surface area contributed by atoms with Crippen molar-refractivity contribution in [3.05, 3.63) is 53.9 Å². The van der Waals surface area contributed by atoms with Crippen LogP contribution in [0.5, 0.6) is 5.75 Å². The Balaban J connectivity index is 1.95. The molecule has 0 bridgehead atoms. The molecule has 0 radical (unpaired) electrons. The van der Waals surface area contributed by atoms with Gasteiger partial charge in [0.05, 0.1) is 46.3 Å². The summed E-state index contributed by atoms with van der Waals surface area (Å²) >= 11 is 6.14. The van der Waals surface area contributed by atoms with Crippen molar-refractivity contribution in [2.75, 3.05) is 19.0 Å². The lowest BCUT2D eigenvalue weighted by Gasteiger charge is -2.08. The summed E-state index contributed by atoms with van der Waals surface area (Å²) in [6.07, 6.45) is 5.13. The van der Waals surface area contributed by atoms with Gasteiger partial charge in [0.15, 0.2) is 0 Å². The molecule has 0 atom stereocenters. The van der Waals surface area contributed by atoms with E-state index in [-0.39, 0.29) is 0 Å². The Kier molecular flexibility index (Phi) is 4.64. The number of pyridine rings is 3. The molecule has 0 aliphatic heterocycles. The zero-order valence-electron chi connectivity index (χ0n) is 15.0. The highest BCUT2D eigenvalue weighted by Crippen LogP contribution is 2.37. The first-order chi connectivity index (χ1) is 13.2. The number of aromatic amines is 1. The van der Waals surface area contributed by atoms with Gasteiger partial charge in [0.2, 0.25) is 0 Å². The first kappa shape index (κ1) is 17.3. The minimum absolute atomic E-state index is 0.576. The summed E-state index contributed by atoms with van der Waals surface area (Å²) in [6, 6.07) is 9.64. The van der Waals surface area contributed by atoms with E-state index in [9.17, 15) is 0 Å². The van der Waals surface area contributed by atoms with E-state index in [1.54, 1.807) is 25.7 Å². The summed E-state index contributed by atoms with van der Waals surface area (Å²) in [5, 5.41) is 3.82. The van der Waals surface area contributed by atoms with Crippen molar-refractivity contribution < 1.29 is 4.74 Å².